The summed E-state index contributed by atoms with van der Waals surface area (Å²) >= 11 is 0. The highest BCUT2D eigenvalue weighted by molar-refractivity contribution is 5.90. The number of halogens is 2. The van der Waals surface area contributed by atoms with Crippen molar-refractivity contribution in [3.05, 3.63) is 53.4 Å². The fraction of sp³-hybridized carbons (Fsp3) is 0.368. The van der Waals surface area contributed by atoms with Gasteiger partial charge < -0.3 is 20.7 Å². The van der Waals surface area contributed by atoms with Gasteiger partial charge in [-0.3, -0.25) is 4.79 Å². The summed E-state index contributed by atoms with van der Waals surface area (Å²) in [4.78, 5) is 24.8. The number of aromatic nitrogens is 2. The van der Waals surface area contributed by atoms with Crippen LogP contribution >= 0.6 is 0 Å². The maximum Gasteiger partial charge on any atom is 0.316 e. The number of rotatable bonds is 5. The Balaban J connectivity index is 1.52. The smallest absolute Gasteiger partial charge is 0.316 e. The number of ether oxygens (including phenoxy) is 1. The summed E-state index contributed by atoms with van der Waals surface area (Å²) < 4.78 is 33.8. The van der Waals surface area contributed by atoms with Crippen molar-refractivity contribution >= 4 is 11.9 Å². The lowest BCUT2D eigenvalue weighted by molar-refractivity contribution is -0.120. The molecule has 4 rings (SSSR count). The Bertz CT molecular complexity index is 929. The van der Waals surface area contributed by atoms with Crippen LogP contribution in [0, 0.1) is 11.6 Å². The molecule has 0 radical (unpaired) electrons. The Labute approximate surface area is 165 Å². The zero-order valence-electron chi connectivity index (χ0n) is 15.5. The molecular weight excluding hydrogens is 384 g/mol. The first kappa shape index (κ1) is 19.0. The van der Waals surface area contributed by atoms with Crippen molar-refractivity contribution in [2.75, 3.05) is 13.7 Å². The maximum atomic E-state index is 14.5. The molecule has 2 aromatic rings. The number of methoxy groups -OCH3 is 1. The lowest BCUT2D eigenvalue weighted by Crippen LogP contribution is -2.50. The predicted molar refractivity (Wildman–Crippen MR) is 97.1 cm³/mol. The highest BCUT2D eigenvalue weighted by Gasteiger charge is 2.48. The molecule has 152 valence electrons. The van der Waals surface area contributed by atoms with Crippen LogP contribution in [0.2, 0.25) is 0 Å². The number of hydrogen-bond donors (Lipinski definition) is 3. The van der Waals surface area contributed by atoms with Crippen LogP contribution in [-0.4, -0.2) is 41.8 Å². The standard InChI is InChI=1S/C19H19F2N5O3/c1-29-10-7-12(20)15(13(21)8-10)11-9-22-17(27)16(11)24-18(28)25-19(4-5-19)14-3-2-6-23-26-14/h2-3,6-8,11,16H,4-5,9H2,1H3,(H,22,27)(H2,24,25,28)/t11-,16-/m0/s1. The molecule has 1 aliphatic heterocycles. The van der Waals surface area contributed by atoms with Crippen LogP contribution < -0.4 is 20.7 Å². The van der Waals surface area contributed by atoms with Gasteiger partial charge in [-0.25, -0.2) is 13.6 Å². The lowest BCUT2D eigenvalue weighted by Gasteiger charge is -2.22. The average Bonchev–Trinajstić information content (AvgIpc) is 3.41. The normalized spacial score (nSPS) is 22.0. The molecule has 10 heteroatoms. The molecule has 1 aromatic heterocycles. The quantitative estimate of drug-likeness (QED) is 0.699. The number of nitrogens with zero attached hydrogens (tertiary/aromatic N) is 2. The van der Waals surface area contributed by atoms with E-state index < -0.39 is 41.1 Å². The van der Waals surface area contributed by atoms with Gasteiger partial charge in [0.2, 0.25) is 5.91 Å². The summed E-state index contributed by atoms with van der Waals surface area (Å²) in [6, 6.07) is 3.84. The van der Waals surface area contributed by atoms with Gasteiger partial charge >= 0.3 is 6.03 Å². The lowest BCUT2D eigenvalue weighted by atomic mass is 9.93. The summed E-state index contributed by atoms with van der Waals surface area (Å²) in [5.74, 6) is -3.06. The average molecular weight is 403 g/mol. The first-order valence-electron chi connectivity index (χ1n) is 9.11. The summed E-state index contributed by atoms with van der Waals surface area (Å²) in [5, 5.41) is 15.8. The van der Waals surface area contributed by atoms with E-state index in [-0.39, 0.29) is 17.9 Å². The van der Waals surface area contributed by atoms with Crippen molar-refractivity contribution < 1.29 is 23.1 Å². The fourth-order valence-electron chi connectivity index (χ4n) is 3.61. The van der Waals surface area contributed by atoms with Crippen LogP contribution in [0.1, 0.15) is 30.0 Å². The number of carbonyl (C=O) groups is 2. The van der Waals surface area contributed by atoms with Gasteiger partial charge in [-0.15, -0.1) is 0 Å². The molecule has 0 unspecified atom stereocenters. The van der Waals surface area contributed by atoms with E-state index in [0.29, 0.717) is 18.5 Å². The van der Waals surface area contributed by atoms with Gasteiger partial charge in [-0.1, -0.05) is 0 Å². The molecule has 0 bridgehead atoms. The van der Waals surface area contributed by atoms with Crippen LogP contribution in [0.5, 0.6) is 5.75 Å². The van der Waals surface area contributed by atoms with Crippen LogP contribution in [0.4, 0.5) is 13.6 Å². The Kier molecular flexibility index (Phi) is 4.77. The summed E-state index contributed by atoms with van der Waals surface area (Å²) in [5.41, 5.74) is -0.293. The monoisotopic (exact) mass is 403 g/mol. The minimum Gasteiger partial charge on any atom is -0.497 e. The van der Waals surface area contributed by atoms with Gasteiger partial charge in [0.25, 0.3) is 0 Å². The molecule has 1 aromatic carbocycles. The number of urea groups is 1. The van der Waals surface area contributed by atoms with E-state index in [0.717, 1.165) is 12.1 Å². The van der Waals surface area contributed by atoms with Crippen LogP contribution in [-0.2, 0) is 10.3 Å². The zero-order valence-corrected chi connectivity index (χ0v) is 15.5. The molecule has 29 heavy (non-hydrogen) atoms. The van der Waals surface area contributed by atoms with Crippen LogP contribution in [0.3, 0.4) is 0 Å². The van der Waals surface area contributed by atoms with Crippen LogP contribution in [0.15, 0.2) is 30.5 Å². The third-order valence-corrected chi connectivity index (χ3v) is 5.29. The third-order valence-electron chi connectivity index (χ3n) is 5.29. The van der Waals surface area contributed by atoms with E-state index in [9.17, 15) is 18.4 Å². The summed E-state index contributed by atoms with van der Waals surface area (Å²) in [7, 11) is 1.30. The van der Waals surface area contributed by atoms with Gasteiger partial charge in [0.1, 0.15) is 23.4 Å². The second-order valence-electron chi connectivity index (χ2n) is 7.12. The number of amides is 3. The largest absolute Gasteiger partial charge is 0.497 e. The van der Waals surface area contributed by atoms with Crippen molar-refractivity contribution in [3.63, 3.8) is 0 Å². The third kappa shape index (κ3) is 3.57. The van der Waals surface area contributed by atoms with E-state index in [1.54, 1.807) is 12.1 Å². The molecule has 3 amide bonds. The maximum absolute atomic E-state index is 14.5. The second-order valence-corrected chi connectivity index (χ2v) is 7.12. The van der Waals surface area contributed by atoms with E-state index >= 15 is 0 Å². The minimum atomic E-state index is -1.12. The SMILES string of the molecule is COc1cc(F)c([C@@H]2CNC(=O)[C@H]2NC(=O)NC2(c3cccnn3)CC2)c(F)c1. The van der Waals surface area contributed by atoms with E-state index in [2.05, 4.69) is 26.1 Å². The summed E-state index contributed by atoms with van der Waals surface area (Å²) in [6.45, 7) is -0.000742. The molecule has 2 aliphatic rings. The van der Waals surface area contributed by atoms with Crippen LogP contribution in [0.25, 0.3) is 0 Å². The minimum absolute atomic E-state index is 0.000742. The van der Waals surface area contributed by atoms with Crippen molar-refractivity contribution in [3.8, 4) is 5.75 Å². The van der Waals surface area contributed by atoms with Crippen molar-refractivity contribution in [1.29, 1.82) is 0 Å². The molecule has 2 atom stereocenters. The highest BCUT2D eigenvalue weighted by Crippen LogP contribution is 2.44. The molecule has 0 spiro atoms. The fourth-order valence-corrected chi connectivity index (χ4v) is 3.61. The molecule has 1 saturated carbocycles. The Morgan fingerprint density at radius 3 is 2.62 bits per heavy atom. The van der Waals surface area contributed by atoms with Crippen molar-refractivity contribution in [2.24, 2.45) is 0 Å². The number of nitrogens with one attached hydrogen (secondary N) is 3. The molecular formula is C19H19F2N5O3. The Morgan fingerprint density at radius 1 is 1.31 bits per heavy atom. The zero-order chi connectivity index (χ0) is 20.6. The molecule has 1 saturated heterocycles. The number of carbonyl (C=O) groups excluding carboxylic acids is 2. The van der Waals surface area contributed by atoms with E-state index in [1.807, 2.05) is 0 Å². The number of hydrogen-bond acceptors (Lipinski definition) is 5. The molecule has 8 nitrogen and oxygen atoms in total. The second kappa shape index (κ2) is 7.26. The van der Waals surface area contributed by atoms with Gasteiger partial charge in [0.15, 0.2) is 0 Å². The molecule has 3 N–H and O–H groups in total. The van der Waals surface area contributed by atoms with E-state index in [4.69, 9.17) is 4.74 Å². The number of benzene rings is 1. The first-order chi connectivity index (χ1) is 13.9. The Morgan fingerprint density at radius 2 is 2.03 bits per heavy atom. The highest BCUT2D eigenvalue weighted by atomic mass is 19.1. The molecule has 1 aliphatic carbocycles. The molecule has 2 heterocycles. The van der Waals surface area contributed by atoms with Gasteiger partial charge in [0.05, 0.1) is 18.3 Å². The van der Waals surface area contributed by atoms with E-state index in [1.165, 1.54) is 13.3 Å². The van der Waals surface area contributed by atoms with Gasteiger partial charge in [-0.2, -0.15) is 10.2 Å². The van der Waals surface area contributed by atoms with Crippen molar-refractivity contribution in [2.45, 2.75) is 30.3 Å². The summed E-state index contributed by atoms with van der Waals surface area (Å²) in [6.07, 6.45) is 2.90. The Hall–Kier alpha value is -3.30. The predicted octanol–water partition coefficient (Wildman–Crippen LogP) is 1.33. The first-order valence-corrected chi connectivity index (χ1v) is 9.11. The topological polar surface area (TPSA) is 105 Å². The molecule has 2 fully saturated rings. The van der Waals surface area contributed by atoms with Crippen molar-refractivity contribution in [1.82, 2.24) is 26.1 Å². The van der Waals surface area contributed by atoms with Gasteiger partial charge in [-0.05, 0) is 25.0 Å². The van der Waals surface area contributed by atoms with Gasteiger partial charge in [0, 0.05) is 36.4 Å².